The van der Waals surface area contributed by atoms with Crippen LogP contribution in [0.1, 0.15) is 30.4 Å². The number of aliphatic carboxylic acids is 1. The Kier molecular flexibility index (Phi) is 8.32. The highest BCUT2D eigenvalue weighted by Gasteiger charge is 2.19. The molecule has 27 heavy (non-hydrogen) atoms. The summed E-state index contributed by atoms with van der Waals surface area (Å²) in [7, 11) is 0. The zero-order valence-corrected chi connectivity index (χ0v) is 15.4. The SMILES string of the molecule is NCCCCC(NC(=O)Nc1ccc(CCc2ccccc2)cc1)C(=O)O. The van der Waals surface area contributed by atoms with Crippen LogP contribution in [0.5, 0.6) is 0 Å². The van der Waals surface area contributed by atoms with Crippen molar-refractivity contribution in [2.24, 2.45) is 5.73 Å². The van der Waals surface area contributed by atoms with Crippen molar-refractivity contribution >= 4 is 17.7 Å². The van der Waals surface area contributed by atoms with E-state index in [1.807, 2.05) is 42.5 Å². The van der Waals surface area contributed by atoms with E-state index in [1.54, 1.807) is 0 Å². The molecule has 1 atom stereocenters. The first-order valence-electron chi connectivity index (χ1n) is 9.21. The average molecular weight is 369 g/mol. The van der Waals surface area contributed by atoms with E-state index in [2.05, 4.69) is 22.8 Å². The van der Waals surface area contributed by atoms with E-state index in [-0.39, 0.29) is 0 Å². The number of nitrogens with one attached hydrogen (secondary N) is 2. The molecule has 0 saturated heterocycles. The topological polar surface area (TPSA) is 104 Å². The van der Waals surface area contributed by atoms with Crippen LogP contribution < -0.4 is 16.4 Å². The minimum absolute atomic E-state index is 0.360. The third-order valence-electron chi connectivity index (χ3n) is 4.31. The molecular formula is C21H27N3O3. The first-order chi connectivity index (χ1) is 13.1. The van der Waals surface area contributed by atoms with Crippen molar-refractivity contribution in [1.82, 2.24) is 5.32 Å². The molecule has 0 bridgehead atoms. The van der Waals surface area contributed by atoms with Crippen molar-refractivity contribution < 1.29 is 14.7 Å². The van der Waals surface area contributed by atoms with Crippen molar-refractivity contribution in [3.8, 4) is 0 Å². The molecule has 0 radical (unpaired) electrons. The van der Waals surface area contributed by atoms with Gasteiger partial charge in [0.25, 0.3) is 0 Å². The van der Waals surface area contributed by atoms with Crippen LogP contribution in [0.25, 0.3) is 0 Å². The monoisotopic (exact) mass is 369 g/mol. The largest absolute Gasteiger partial charge is 0.480 e. The van der Waals surface area contributed by atoms with Crippen molar-refractivity contribution in [3.63, 3.8) is 0 Å². The highest BCUT2D eigenvalue weighted by Crippen LogP contribution is 2.12. The maximum absolute atomic E-state index is 12.0. The molecule has 2 amide bonds. The second-order valence-electron chi connectivity index (χ2n) is 6.46. The Morgan fingerprint density at radius 1 is 0.926 bits per heavy atom. The van der Waals surface area contributed by atoms with Crippen LogP contribution in [-0.2, 0) is 17.6 Å². The second-order valence-corrected chi connectivity index (χ2v) is 6.46. The van der Waals surface area contributed by atoms with Gasteiger partial charge in [-0.3, -0.25) is 0 Å². The summed E-state index contributed by atoms with van der Waals surface area (Å²) in [5.41, 5.74) is 8.50. The first kappa shape index (κ1) is 20.5. The molecule has 0 saturated carbocycles. The van der Waals surface area contributed by atoms with Crippen LogP contribution in [0.3, 0.4) is 0 Å². The standard InChI is InChI=1S/C21H27N3O3/c22-15-5-4-8-19(20(25)26)24-21(27)23-18-13-11-17(12-14-18)10-9-16-6-2-1-3-7-16/h1-3,6-7,11-14,19H,4-5,8-10,15,22H2,(H,25,26)(H2,23,24,27). The highest BCUT2D eigenvalue weighted by molar-refractivity contribution is 5.92. The number of aryl methyl sites for hydroxylation is 2. The Balaban J connectivity index is 1.82. The Hall–Kier alpha value is -2.86. The third kappa shape index (κ3) is 7.50. The number of benzene rings is 2. The number of carboxylic acids is 1. The molecule has 2 aromatic carbocycles. The summed E-state index contributed by atoms with van der Waals surface area (Å²) in [5, 5.41) is 14.4. The van der Waals surface area contributed by atoms with E-state index in [0.29, 0.717) is 25.1 Å². The molecule has 2 aromatic rings. The van der Waals surface area contributed by atoms with E-state index in [1.165, 1.54) is 11.1 Å². The van der Waals surface area contributed by atoms with Gasteiger partial charge in [-0.05, 0) is 61.9 Å². The predicted molar refractivity (Wildman–Crippen MR) is 107 cm³/mol. The van der Waals surface area contributed by atoms with Gasteiger partial charge in [0.2, 0.25) is 0 Å². The minimum atomic E-state index is -1.04. The summed E-state index contributed by atoms with van der Waals surface area (Å²) in [6, 6.07) is 16.4. The van der Waals surface area contributed by atoms with Gasteiger partial charge < -0.3 is 21.5 Å². The summed E-state index contributed by atoms with van der Waals surface area (Å²) in [4.78, 5) is 23.3. The van der Waals surface area contributed by atoms with Crippen molar-refractivity contribution in [2.75, 3.05) is 11.9 Å². The fraction of sp³-hybridized carbons (Fsp3) is 0.333. The molecule has 0 spiro atoms. The van der Waals surface area contributed by atoms with E-state index >= 15 is 0 Å². The summed E-state index contributed by atoms with van der Waals surface area (Å²) in [5.74, 6) is -1.04. The number of hydrogen-bond donors (Lipinski definition) is 4. The van der Waals surface area contributed by atoms with Crippen LogP contribution >= 0.6 is 0 Å². The Morgan fingerprint density at radius 2 is 1.56 bits per heavy atom. The Labute approximate surface area is 159 Å². The predicted octanol–water partition coefficient (Wildman–Crippen LogP) is 3.18. The lowest BCUT2D eigenvalue weighted by atomic mass is 10.0. The number of unbranched alkanes of at least 4 members (excludes halogenated alkanes) is 1. The third-order valence-corrected chi connectivity index (χ3v) is 4.31. The lowest BCUT2D eigenvalue weighted by Gasteiger charge is -2.15. The van der Waals surface area contributed by atoms with Gasteiger partial charge >= 0.3 is 12.0 Å². The summed E-state index contributed by atoms with van der Waals surface area (Å²) < 4.78 is 0. The van der Waals surface area contributed by atoms with E-state index in [0.717, 1.165) is 19.3 Å². The van der Waals surface area contributed by atoms with Gasteiger partial charge in [0, 0.05) is 5.69 Å². The van der Waals surface area contributed by atoms with Gasteiger partial charge in [-0.15, -0.1) is 0 Å². The number of nitrogens with two attached hydrogens (primary N) is 1. The van der Waals surface area contributed by atoms with Crippen LogP contribution in [0, 0.1) is 0 Å². The van der Waals surface area contributed by atoms with Gasteiger partial charge in [-0.25, -0.2) is 9.59 Å². The van der Waals surface area contributed by atoms with Crippen molar-refractivity contribution in [3.05, 3.63) is 65.7 Å². The molecule has 0 aromatic heterocycles. The molecule has 5 N–H and O–H groups in total. The zero-order valence-electron chi connectivity index (χ0n) is 15.4. The number of hydrogen-bond acceptors (Lipinski definition) is 3. The molecule has 0 aliphatic carbocycles. The van der Waals surface area contributed by atoms with Crippen LogP contribution in [-0.4, -0.2) is 29.7 Å². The van der Waals surface area contributed by atoms with Crippen LogP contribution in [0.15, 0.2) is 54.6 Å². The summed E-state index contributed by atoms with van der Waals surface area (Å²) in [6.45, 7) is 0.509. The number of carbonyl (C=O) groups is 2. The van der Waals surface area contributed by atoms with Crippen LogP contribution in [0.4, 0.5) is 10.5 Å². The number of amides is 2. The summed E-state index contributed by atoms with van der Waals surface area (Å²) >= 11 is 0. The van der Waals surface area contributed by atoms with Gasteiger partial charge in [0.05, 0.1) is 0 Å². The van der Waals surface area contributed by atoms with E-state index in [9.17, 15) is 14.7 Å². The zero-order chi connectivity index (χ0) is 19.5. The Bertz CT molecular complexity index is 717. The quantitative estimate of drug-likeness (QED) is 0.483. The number of carbonyl (C=O) groups excluding carboxylic acids is 1. The van der Waals surface area contributed by atoms with Gasteiger partial charge in [0.15, 0.2) is 0 Å². The molecule has 0 aliphatic rings. The fourth-order valence-electron chi connectivity index (χ4n) is 2.76. The first-order valence-corrected chi connectivity index (χ1v) is 9.21. The van der Waals surface area contributed by atoms with Gasteiger partial charge in [0.1, 0.15) is 6.04 Å². The number of urea groups is 1. The molecule has 2 rings (SSSR count). The maximum atomic E-state index is 12.0. The normalized spacial score (nSPS) is 11.6. The van der Waals surface area contributed by atoms with E-state index < -0.39 is 18.0 Å². The lowest BCUT2D eigenvalue weighted by molar-refractivity contribution is -0.139. The van der Waals surface area contributed by atoms with Crippen LogP contribution in [0.2, 0.25) is 0 Å². The molecule has 1 unspecified atom stereocenters. The maximum Gasteiger partial charge on any atom is 0.326 e. The molecule has 0 aliphatic heterocycles. The molecular weight excluding hydrogens is 342 g/mol. The Morgan fingerprint density at radius 3 is 2.15 bits per heavy atom. The molecule has 144 valence electrons. The number of rotatable bonds is 10. The summed E-state index contributed by atoms with van der Waals surface area (Å²) in [6.07, 6.45) is 3.62. The molecule has 0 heterocycles. The second kappa shape index (κ2) is 11.0. The van der Waals surface area contributed by atoms with Crippen molar-refractivity contribution in [1.29, 1.82) is 0 Å². The number of carboxylic acid groups (broad SMARTS) is 1. The molecule has 0 fully saturated rings. The molecule has 6 heteroatoms. The average Bonchev–Trinajstić information content (AvgIpc) is 2.67. The highest BCUT2D eigenvalue weighted by atomic mass is 16.4. The minimum Gasteiger partial charge on any atom is -0.480 e. The van der Waals surface area contributed by atoms with E-state index in [4.69, 9.17) is 5.73 Å². The van der Waals surface area contributed by atoms with Gasteiger partial charge in [-0.2, -0.15) is 0 Å². The van der Waals surface area contributed by atoms with Gasteiger partial charge in [-0.1, -0.05) is 42.5 Å². The van der Waals surface area contributed by atoms with Crippen molar-refractivity contribution in [2.45, 2.75) is 38.1 Å². The fourth-order valence-corrected chi connectivity index (χ4v) is 2.76. The lowest BCUT2D eigenvalue weighted by Crippen LogP contribution is -2.43. The number of anilines is 1. The molecule has 6 nitrogen and oxygen atoms in total. The smallest absolute Gasteiger partial charge is 0.326 e.